The molecule has 13 heavy (non-hydrogen) atoms. The van der Waals surface area contributed by atoms with E-state index in [1.807, 2.05) is 5.43 Å². The zero-order valence-electron chi connectivity index (χ0n) is 6.79. The van der Waals surface area contributed by atoms with E-state index in [2.05, 4.69) is 4.74 Å². The number of hydrazine groups is 1. The molecule has 1 aromatic rings. The number of halogens is 1. The van der Waals surface area contributed by atoms with E-state index < -0.39 is 6.09 Å². The summed E-state index contributed by atoms with van der Waals surface area (Å²) in [4.78, 5) is 10.5. The number of carbonyl (C=O) groups excluding carboxylic acids is 1. The summed E-state index contributed by atoms with van der Waals surface area (Å²) >= 11 is 0. The predicted octanol–water partition coefficient (Wildman–Crippen LogP) is 0.926. The molecule has 0 aliphatic carbocycles. The van der Waals surface area contributed by atoms with Crippen molar-refractivity contribution < 1.29 is 13.9 Å². The number of nitrogens with two attached hydrogens (primary N) is 1. The van der Waals surface area contributed by atoms with Crippen molar-refractivity contribution >= 4 is 6.09 Å². The Hall–Kier alpha value is -1.62. The van der Waals surface area contributed by atoms with Crippen LogP contribution < -0.4 is 11.3 Å². The van der Waals surface area contributed by atoms with E-state index in [9.17, 15) is 9.18 Å². The largest absolute Gasteiger partial charge is 0.444 e. The Kier molecular flexibility index (Phi) is 3.22. The molecule has 70 valence electrons. The fraction of sp³-hybridized carbons (Fsp3) is 0.125. The van der Waals surface area contributed by atoms with Crippen LogP contribution in [-0.2, 0) is 11.3 Å². The van der Waals surface area contributed by atoms with Crippen LogP contribution in [-0.4, -0.2) is 6.09 Å². The first kappa shape index (κ1) is 9.47. The molecule has 0 unspecified atom stereocenters. The zero-order valence-corrected chi connectivity index (χ0v) is 6.79. The van der Waals surface area contributed by atoms with Crippen molar-refractivity contribution in [2.75, 3.05) is 0 Å². The van der Waals surface area contributed by atoms with Gasteiger partial charge in [-0.15, -0.1) is 0 Å². The molecule has 0 spiro atoms. The number of ether oxygens (including phenoxy) is 1. The number of benzene rings is 1. The lowest BCUT2D eigenvalue weighted by Gasteiger charge is -2.02. The third-order valence-electron chi connectivity index (χ3n) is 1.40. The van der Waals surface area contributed by atoms with Crippen molar-refractivity contribution in [2.24, 2.45) is 5.84 Å². The second-order valence-corrected chi connectivity index (χ2v) is 2.35. The third kappa shape index (κ3) is 3.08. The molecule has 0 heterocycles. The molecule has 0 fully saturated rings. The highest BCUT2D eigenvalue weighted by molar-refractivity contribution is 5.66. The zero-order chi connectivity index (χ0) is 9.68. The van der Waals surface area contributed by atoms with Gasteiger partial charge in [-0.25, -0.2) is 15.0 Å². The van der Waals surface area contributed by atoms with Gasteiger partial charge in [-0.05, 0) is 17.7 Å². The average molecular weight is 184 g/mol. The minimum Gasteiger partial charge on any atom is -0.444 e. The van der Waals surface area contributed by atoms with Crippen molar-refractivity contribution in [3.63, 3.8) is 0 Å². The number of hydrogen-bond donors (Lipinski definition) is 2. The lowest BCUT2D eigenvalue weighted by atomic mass is 10.2. The summed E-state index contributed by atoms with van der Waals surface area (Å²) in [5.74, 6) is 4.45. The van der Waals surface area contributed by atoms with Gasteiger partial charge in [0.15, 0.2) is 0 Å². The van der Waals surface area contributed by atoms with E-state index in [0.29, 0.717) is 5.56 Å². The quantitative estimate of drug-likeness (QED) is 0.408. The molecule has 0 radical (unpaired) electrons. The first-order chi connectivity index (χ1) is 6.22. The van der Waals surface area contributed by atoms with Gasteiger partial charge in [0.2, 0.25) is 0 Å². The van der Waals surface area contributed by atoms with Crippen LogP contribution in [0.25, 0.3) is 0 Å². The molecule has 0 aromatic heterocycles. The number of hydrogen-bond acceptors (Lipinski definition) is 3. The Morgan fingerprint density at radius 3 is 2.62 bits per heavy atom. The van der Waals surface area contributed by atoms with Gasteiger partial charge in [-0.3, -0.25) is 5.43 Å². The summed E-state index contributed by atoms with van der Waals surface area (Å²) in [6.45, 7) is 0.0727. The van der Waals surface area contributed by atoms with Crippen molar-refractivity contribution in [2.45, 2.75) is 6.61 Å². The number of amides is 1. The molecule has 1 rings (SSSR count). The molecular formula is C8H9FN2O2. The van der Waals surface area contributed by atoms with Crippen LogP contribution in [0, 0.1) is 5.82 Å². The van der Waals surface area contributed by atoms with Gasteiger partial charge in [0, 0.05) is 0 Å². The molecule has 3 N–H and O–H groups in total. The Morgan fingerprint density at radius 2 is 2.08 bits per heavy atom. The minimum absolute atomic E-state index is 0.0727. The highest BCUT2D eigenvalue weighted by atomic mass is 19.1. The SMILES string of the molecule is NNC(=O)OCc1ccc(F)cc1. The maximum atomic E-state index is 12.4. The average Bonchev–Trinajstić information content (AvgIpc) is 2.16. The summed E-state index contributed by atoms with van der Waals surface area (Å²) < 4.78 is 17.0. The van der Waals surface area contributed by atoms with Crippen LogP contribution in [0.15, 0.2) is 24.3 Å². The highest BCUT2D eigenvalue weighted by Gasteiger charge is 1.99. The Morgan fingerprint density at radius 1 is 1.46 bits per heavy atom. The van der Waals surface area contributed by atoms with E-state index in [-0.39, 0.29) is 12.4 Å². The molecule has 0 saturated carbocycles. The van der Waals surface area contributed by atoms with Gasteiger partial charge in [0.1, 0.15) is 12.4 Å². The predicted molar refractivity (Wildman–Crippen MR) is 43.9 cm³/mol. The summed E-state index contributed by atoms with van der Waals surface area (Å²) in [7, 11) is 0. The number of rotatable bonds is 2. The molecule has 0 atom stereocenters. The van der Waals surface area contributed by atoms with Gasteiger partial charge in [0.25, 0.3) is 0 Å². The van der Waals surface area contributed by atoms with Gasteiger partial charge < -0.3 is 4.74 Å². The van der Waals surface area contributed by atoms with Crippen molar-refractivity contribution in [3.05, 3.63) is 35.6 Å². The van der Waals surface area contributed by atoms with Crippen LogP contribution in [0.5, 0.6) is 0 Å². The summed E-state index contributed by atoms with van der Waals surface area (Å²) in [5, 5.41) is 0. The van der Waals surface area contributed by atoms with Gasteiger partial charge in [-0.1, -0.05) is 12.1 Å². The maximum Gasteiger partial charge on any atom is 0.421 e. The summed E-state index contributed by atoms with van der Waals surface area (Å²) in [6.07, 6.45) is -0.718. The van der Waals surface area contributed by atoms with Gasteiger partial charge >= 0.3 is 6.09 Å². The van der Waals surface area contributed by atoms with Crippen LogP contribution in [0.1, 0.15) is 5.56 Å². The molecule has 0 bridgehead atoms. The molecular weight excluding hydrogens is 175 g/mol. The van der Waals surface area contributed by atoms with Crippen molar-refractivity contribution in [3.8, 4) is 0 Å². The first-order valence-electron chi connectivity index (χ1n) is 3.60. The molecule has 0 saturated heterocycles. The topological polar surface area (TPSA) is 64.3 Å². The van der Waals surface area contributed by atoms with Gasteiger partial charge in [0.05, 0.1) is 0 Å². The molecule has 5 heteroatoms. The fourth-order valence-corrected chi connectivity index (χ4v) is 0.771. The second-order valence-electron chi connectivity index (χ2n) is 2.35. The molecule has 1 aromatic carbocycles. The summed E-state index contributed by atoms with van der Waals surface area (Å²) in [5.41, 5.74) is 2.51. The Bertz CT molecular complexity index is 287. The second kappa shape index (κ2) is 4.42. The summed E-state index contributed by atoms with van der Waals surface area (Å²) in [6, 6.07) is 5.64. The standard InChI is InChI=1S/C8H9FN2O2/c9-7-3-1-6(2-4-7)5-13-8(12)11-10/h1-4H,5,10H2,(H,11,12). The van der Waals surface area contributed by atoms with E-state index in [4.69, 9.17) is 5.84 Å². The minimum atomic E-state index is -0.718. The van der Waals surface area contributed by atoms with Crippen LogP contribution >= 0.6 is 0 Å². The van der Waals surface area contributed by atoms with E-state index >= 15 is 0 Å². The van der Waals surface area contributed by atoms with E-state index in [0.717, 1.165) is 0 Å². The lowest BCUT2D eigenvalue weighted by molar-refractivity contribution is 0.140. The fourth-order valence-electron chi connectivity index (χ4n) is 0.771. The number of carbonyl (C=O) groups is 1. The first-order valence-corrected chi connectivity index (χ1v) is 3.60. The lowest BCUT2D eigenvalue weighted by Crippen LogP contribution is -2.30. The van der Waals surface area contributed by atoms with Crippen molar-refractivity contribution in [1.82, 2.24) is 5.43 Å². The van der Waals surface area contributed by atoms with E-state index in [1.165, 1.54) is 24.3 Å². The monoisotopic (exact) mass is 184 g/mol. The maximum absolute atomic E-state index is 12.4. The van der Waals surface area contributed by atoms with Crippen LogP contribution in [0.3, 0.4) is 0 Å². The molecule has 0 aliphatic rings. The smallest absolute Gasteiger partial charge is 0.421 e. The molecule has 1 amide bonds. The van der Waals surface area contributed by atoms with E-state index in [1.54, 1.807) is 0 Å². The molecule has 0 aliphatic heterocycles. The number of nitrogens with one attached hydrogen (secondary N) is 1. The van der Waals surface area contributed by atoms with Crippen molar-refractivity contribution in [1.29, 1.82) is 0 Å². The Balaban J connectivity index is 2.46. The third-order valence-corrected chi connectivity index (χ3v) is 1.40. The normalized spacial score (nSPS) is 9.38. The van der Waals surface area contributed by atoms with Crippen LogP contribution in [0.2, 0.25) is 0 Å². The van der Waals surface area contributed by atoms with Crippen LogP contribution in [0.4, 0.5) is 9.18 Å². The Labute approximate surface area is 74.5 Å². The molecule has 4 nitrogen and oxygen atoms in total. The van der Waals surface area contributed by atoms with Gasteiger partial charge in [-0.2, -0.15) is 0 Å². The highest BCUT2D eigenvalue weighted by Crippen LogP contribution is 2.03.